The molecule has 80 heavy (non-hydrogen) atoms. The highest BCUT2D eigenvalue weighted by Crippen LogP contribution is 2.75. The molecule has 4 saturated heterocycles. The number of hydrogen-bond donors (Lipinski definition) is 16. The first-order valence-electron chi connectivity index (χ1n) is 28.0. The number of allylic oxidation sites excluding steroid dienone is 2. The third kappa shape index (κ3) is 9.79. The Labute approximate surface area is 462 Å². The molecule has 9 rings (SSSR count). The fourth-order valence-corrected chi connectivity index (χ4v) is 16.3. The van der Waals surface area contributed by atoms with Crippen molar-refractivity contribution in [2.75, 3.05) is 13.2 Å². The van der Waals surface area contributed by atoms with Crippen molar-refractivity contribution in [2.24, 2.45) is 50.2 Å². The Bertz CT molecular complexity index is 2380. The maximum Gasteiger partial charge on any atom is 0.309 e. The van der Waals surface area contributed by atoms with E-state index in [-0.39, 0.29) is 29.5 Å². The Hall–Kier alpha value is -2.94. The Morgan fingerprint density at radius 1 is 0.588 bits per heavy atom. The maximum atomic E-state index is 15.2. The Balaban J connectivity index is 0.997. The predicted octanol–water partition coefficient (Wildman–Crippen LogP) is -4.09. The van der Waals surface area contributed by atoms with Gasteiger partial charge in [0.15, 0.2) is 43.0 Å². The molecule has 8 fully saturated rings. The van der Waals surface area contributed by atoms with Gasteiger partial charge < -0.3 is 111 Å². The molecule has 26 heteroatoms. The molecule has 4 aliphatic heterocycles. The van der Waals surface area contributed by atoms with Crippen LogP contribution in [0.25, 0.3) is 0 Å². The van der Waals surface area contributed by atoms with Gasteiger partial charge in [0.2, 0.25) is 0 Å². The van der Waals surface area contributed by atoms with Crippen molar-refractivity contribution in [3.05, 3.63) is 11.6 Å². The second kappa shape index (κ2) is 21.8. The highest BCUT2D eigenvalue weighted by molar-refractivity contribution is 5.96. The summed E-state index contributed by atoms with van der Waals surface area (Å²) in [6, 6.07) is 0. The fraction of sp³-hybridized carbons (Fsp3) is 0.889. The van der Waals surface area contributed by atoms with Crippen molar-refractivity contribution >= 4 is 23.6 Å². The van der Waals surface area contributed by atoms with Crippen LogP contribution in [0.3, 0.4) is 0 Å². The summed E-state index contributed by atoms with van der Waals surface area (Å²) < 4.78 is 35.6. The van der Waals surface area contributed by atoms with Crippen molar-refractivity contribution in [2.45, 2.75) is 235 Å². The first kappa shape index (κ1) is 61.6. The second-order valence-corrected chi connectivity index (χ2v) is 26.5. The molecule has 454 valence electrons. The van der Waals surface area contributed by atoms with Gasteiger partial charge in [-0.1, -0.05) is 47.1 Å². The Morgan fingerprint density at radius 2 is 1.10 bits per heavy atom. The third-order valence-electron chi connectivity index (χ3n) is 21.6. The van der Waals surface area contributed by atoms with Gasteiger partial charge in [0, 0.05) is 5.92 Å². The topological polar surface area (TPSA) is 431 Å². The summed E-state index contributed by atoms with van der Waals surface area (Å²) in [7, 11) is 0. The third-order valence-corrected chi connectivity index (χ3v) is 21.6. The zero-order valence-corrected chi connectivity index (χ0v) is 46.1. The number of aliphatic hydroxyl groups excluding tert-OH is 13. The van der Waals surface area contributed by atoms with E-state index < -0.39 is 193 Å². The van der Waals surface area contributed by atoms with Gasteiger partial charge in [-0.2, -0.15) is 0 Å². The zero-order valence-electron chi connectivity index (χ0n) is 46.1. The van der Waals surface area contributed by atoms with Crippen LogP contribution in [0.15, 0.2) is 11.6 Å². The van der Waals surface area contributed by atoms with E-state index in [9.17, 15) is 85.9 Å². The summed E-state index contributed by atoms with van der Waals surface area (Å²) in [5.74, 6) is -4.24. The molecule has 0 aromatic carbocycles. The van der Waals surface area contributed by atoms with Crippen LogP contribution in [0.2, 0.25) is 0 Å². The van der Waals surface area contributed by atoms with Gasteiger partial charge in [0.1, 0.15) is 85.5 Å². The lowest BCUT2D eigenvalue weighted by Crippen LogP contribution is -2.70. The van der Waals surface area contributed by atoms with Crippen molar-refractivity contribution in [3.8, 4) is 0 Å². The first-order chi connectivity index (χ1) is 37.2. The Morgan fingerprint density at radius 3 is 1.64 bits per heavy atom. The Kier molecular flexibility index (Phi) is 16.8. The van der Waals surface area contributed by atoms with E-state index in [1.165, 1.54) is 0 Å². The average molecular weight is 1150 g/mol. The van der Waals surface area contributed by atoms with E-state index in [1.807, 2.05) is 19.9 Å². The van der Waals surface area contributed by atoms with Gasteiger partial charge in [-0.3, -0.25) is 19.2 Å². The number of rotatable bonds is 11. The molecular formula is C54H84N2O24. The monoisotopic (exact) mass is 1140 g/mol. The molecule has 0 unspecified atom stereocenters. The molecular weight excluding hydrogens is 1060 g/mol. The van der Waals surface area contributed by atoms with Crippen molar-refractivity contribution in [1.29, 1.82) is 0 Å². The second-order valence-electron chi connectivity index (χ2n) is 26.5. The molecule has 0 spiro atoms. The summed E-state index contributed by atoms with van der Waals surface area (Å²) in [6.07, 6.45) is -33.2. The molecule has 2 amide bonds. The lowest BCUT2D eigenvalue weighted by Gasteiger charge is -2.70. The minimum atomic E-state index is -2.26. The number of aliphatic hydroxyl groups is 13. The van der Waals surface area contributed by atoms with E-state index in [0.717, 1.165) is 24.8 Å². The molecule has 5 aliphatic carbocycles. The number of nitrogens with one attached hydrogen (secondary N) is 2. The van der Waals surface area contributed by atoms with Crippen LogP contribution in [-0.4, -0.2) is 237 Å². The van der Waals surface area contributed by atoms with E-state index in [4.69, 9.17) is 28.4 Å². The smallest absolute Gasteiger partial charge is 0.309 e. The van der Waals surface area contributed by atoms with Gasteiger partial charge in [-0.15, -0.1) is 0 Å². The van der Waals surface area contributed by atoms with Gasteiger partial charge in [-0.05, 0) is 110 Å². The maximum absolute atomic E-state index is 15.2. The number of fused-ring (bicyclic) bond motifs is 7. The molecule has 0 bridgehead atoms. The standard InChI is InChI=1S/C54H84N2O24/c1-49(2)25-8-11-54(7)41(22(59)16-20-21-17-51(4,48(73)74)13-12-50(21,3)14-15-53(20,54)6)52(25,5)10-9-26(49)77-47-40(34(67)33(66)39(79-47)43(72)56-45-36(69)30(63)28(61)24(19-58)76-45)80-46-37(70)31(64)32(65)38(78-46)42(71)55-44-35(68)29(62)27(60)23(18-57)75-44/h16,21,23-41,44-47,57-58,60-70H,8-15,17-19H2,1-7H3,(H,55,71)(H,56,72)(H,73,74)/t21-,23+,24+,25-,26-,27+,28+,29-,30-,31-,32-,33-,34-,35+,36+,37+,38-,39-,40+,41+,44+,45+,46-,47+,50+,51-,52-,53+,54+/m0/s1. The lowest BCUT2D eigenvalue weighted by atomic mass is 9.33. The van der Waals surface area contributed by atoms with Crippen LogP contribution in [0.1, 0.15) is 106 Å². The van der Waals surface area contributed by atoms with E-state index in [2.05, 4.69) is 38.3 Å². The van der Waals surface area contributed by atoms with E-state index in [1.54, 1.807) is 6.92 Å². The SMILES string of the molecule is CC1(C)[C@@H](O[C@@H]2O[C@H](C(=O)N[C@@H]3O[C@H](CO)[C@@H](O)[C@H](O)[C@H]3O)[C@@H](O)[C@H](O)[C@H]2O[C@@H]2O[C@H](C(=O)N[C@@H]3O[C@H](CO)[C@@H](O)[C@H](O)[C@H]3O)[C@@H](O)[C@H](O)[C@H]2O)CC[C@]2(C)[C@H]3C(=O)C=C4[C@@H]5C[C@@](C)(C(=O)O)CC[C@]5(C)CC[C@@]4(C)[C@]3(C)CC[C@@H]12. The van der Waals surface area contributed by atoms with Gasteiger partial charge >= 0.3 is 5.97 Å². The number of aliphatic carboxylic acids is 1. The van der Waals surface area contributed by atoms with Crippen LogP contribution in [0, 0.1) is 50.2 Å². The lowest BCUT2D eigenvalue weighted by molar-refractivity contribution is -0.370. The van der Waals surface area contributed by atoms with Gasteiger partial charge in [-0.25, -0.2) is 0 Å². The first-order valence-corrected chi connectivity index (χ1v) is 28.0. The molecule has 9 aliphatic rings. The van der Waals surface area contributed by atoms with Gasteiger partial charge in [0.25, 0.3) is 11.8 Å². The van der Waals surface area contributed by atoms with Crippen molar-refractivity contribution in [1.82, 2.24) is 10.6 Å². The minimum absolute atomic E-state index is 0.0119. The number of ketones is 1. The molecule has 4 heterocycles. The summed E-state index contributed by atoms with van der Waals surface area (Å²) in [5, 5.41) is 154. The molecule has 4 saturated carbocycles. The number of amides is 2. The number of carbonyl (C=O) groups is 4. The van der Waals surface area contributed by atoms with E-state index in [0.29, 0.717) is 32.1 Å². The number of ether oxygens (including phenoxy) is 6. The summed E-state index contributed by atoms with van der Waals surface area (Å²) in [6.45, 7) is 12.8. The van der Waals surface area contributed by atoms with Crippen molar-refractivity contribution < 1.29 is 119 Å². The fourth-order valence-electron chi connectivity index (χ4n) is 16.3. The quantitative estimate of drug-likeness (QED) is 0.0875. The number of hydrogen-bond acceptors (Lipinski definition) is 23. The summed E-state index contributed by atoms with van der Waals surface area (Å²) in [4.78, 5) is 55.7. The predicted molar refractivity (Wildman–Crippen MR) is 268 cm³/mol. The normalized spacial score (nSPS) is 53.0. The molecule has 0 radical (unpaired) electrons. The van der Waals surface area contributed by atoms with Gasteiger partial charge in [0.05, 0.1) is 24.7 Å². The highest BCUT2D eigenvalue weighted by Gasteiger charge is 2.71. The van der Waals surface area contributed by atoms with Crippen LogP contribution >= 0.6 is 0 Å². The molecule has 0 aromatic heterocycles. The van der Waals surface area contributed by atoms with E-state index >= 15 is 4.79 Å². The summed E-state index contributed by atoms with van der Waals surface area (Å²) in [5.41, 5.74) is -2.53. The van der Waals surface area contributed by atoms with Crippen LogP contribution in [-0.2, 0) is 47.6 Å². The highest BCUT2D eigenvalue weighted by atomic mass is 16.8. The molecule has 26 nitrogen and oxygen atoms in total. The minimum Gasteiger partial charge on any atom is -0.481 e. The average Bonchev–Trinajstić information content (AvgIpc) is 3.60. The number of carboxylic acids is 1. The molecule has 29 atom stereocenters. The number of carbonyl (C=O) groups excluding carboxylic acids is 3. The van der Waals surface area contributed by atoms with Crippen LogP contribution in [0.5, 0.6) is 0 Å². The van der Waals surface area contributed by atoms with Crippen LogP contribution in [0.4, 0.5) is 0 Å². The number of carboxylic acid groups (broad SMARTS) is 1. The van der Waals surface area contributed by atoms with Crippen molar-refractivity contribution in [3.63, 3.8) is 0 Å². The van der Waals surface area contributed by atoms with Crippen LogP contribution < -0.4 is 10.6 Å². The molecule has 16 N–H and O–H groups in total. The molecule has 0 aromatic rings. The summed E-state index contributed by atoms with van der Waals surface area (Å²) >= 11 is 0. The largest absolute Gasteiger partial charge is 0.481 e. The zero-order chi connectivity index (χ0) is 58.9.